The van der Waals surface area contributed by atoms with E-state index >= 15 is 0 Å². The van der Waals surface area contributed by atoms with E-state index in [9.17, 15) is 9.90 Å². The van der Waals surface area contributed by atoms with Gasteiger partial charge in [0.05, 0.1) is 18.2 Å². The highest BCUT2D eigenvalue weighted by molar-refractivity contribution is 5.71. The summed E-state index contributed by atoms with van der Waals surface area (Å²) in [5.41, 5.74) is 8.14. The molecule has 1 N–H and O–H groups in total. The summed E-state index contributed by atoms with van der Waals surface area (Å²) in [6.45, 7) is 11.2. The van der Waals surface area contributed by atoms with Crippen LogP contribution in [-0.2, 0) is 35.7 Å². The number of aryl methyl sites for hydroxylation is 1. The SMILES string of the molecule is CCCC(C)N1CCc2cc(COc3c(C)cccc3-c3cccc(N4CCC(C(=O)O)CC4)n3)cc(COC)c2C1. The number of methoxy groups -OCH3 is 1. The molecule has 0 aliphatic carbocycles. The molecule has 1 saturated heterocycles. The van der Waals surface area contributed by atoms with Crippen LogP contribution in [0.5, 0.6) is 5.75 Å². The molecule has 1 unspecified atom stereocenters. The van der Waals surface area contributed by atoms with Crippen LogP contribution in [0.3, 0.4) is 0 Å². The van der Waals surface area contributed by atoms with E-state index in [0.717, 1.165) is 53.5 Å². The topological polar surface area (TPSA) is 75.1 Å². The van der Waals surface area contributed by atoms with Crippen molar-refractivity contribution in [1.29, 1.82) is 0 Å². The number of anilines is 1. The van der Waals surface area contributed by atoms with Crippen LogP contribution in [0.15, 0.2) is 48.5 Å². The summed E-state index contributed by atoms with van der Waals surface area (Å²) in [7, 11) is 1.77. The fourth-order valence-electron chi connectivity index (χ4n) is 6.49. The van der Waals surface area contributed by atoms with Crippen LogP contribution in [0, 0.1) is 12.8 Å². The average Bonchev–Trinajstić information content (AvgIpc) is 3.00. The highest BCUT2D eigenvalue weighted by Crippen LogP contribution is 2.35. The third kappa shape index (κ3) is 6.79. The van der Waals surface area contributed by atoms with E-state index in [-0.39, 0.29) is 5.92 Å². The van der Waals surface area contributed by atoms with Crippen LogP contribution >= 0.6 is 0 Å². The monoisotopic (exact) mass is 571 g/mol. The van der Waals surface area contributed by atoms with Crippen molar-refractivity contribution < 1.29 is 19.4 Å². The third-order valence-electron chi connectivity index (χ3n) is 8.93. The summed E-state index contributed by atoms with van der Waals surface area (Å²) < 4.78 is 12.2. The van der Waals surface area contributed by atoms with Gasteiger partial charge in [-0.2, -0.15) is 0 Å². The molecule has 7 heteroatoms. The number of aromatic nitrogens is 1. The van der Waals surface area contributed by atoms with Crippen LogP contribution in [-0.4, -0.2) is 53.7 Å². The summed E-state index contributed by atoms with van der Waals surface area (Å²) in [5, 5.41) is 9.37. The first-order valence-corrected chi connectivity index (χ1v) is 15.4. The smallest absolute Gasteiger partial charge is 0.306 e. The minimum absolute atomic E-state index is 0.266. The number of hydrogen-bond donors (Lipinski definition) is 1. The van der Waals surface area contributed by atoms with E-state index in [1.165, 1.54) is 29.5 Å². The van der Waals surface area contributed by atoms with Crippen LogP contribution in [0.2, 0.25) is 0 Å². The fourth-order valence-corrected chi connectivity index (χ4v) is 6.49. The first kappa shape index (κ1) is 30.1. The van der Waals surface area contributed by atoms with Gasteiger partial charge in [-0.3, -0.25) is 9.69 Å². The van der Waals surface area contributed by atoms with Gasteiger partial charge in [0.25, 0.3) is 0 Å². The molecule has 1 atom stereocenters. The lowest BCUT2D eigenvalue weighted by molar-refractivity contribution is -0.142. The minimum atomic E-state index is -0.699. The number of rotatable bonds is 11. The Hall–Kier alpha value is -3.42. The number of carboxylic acids is 1. The lowest BCUT2D eigenvalue weighted by Gasteiger charge is -2.35. The molecule has 1 aromatic heterocycles. The van der Waals surface area contributed by atoms with Crippen molar-refractivity contribution in [2.24, 2.45) is 5.92 Å². The van der Waals surface area contributed by atoms with E-state index in [0.29, 0.717) is 45.2 Å². The Labute approximate surface area is 250 Å². The Kier molecular flexibility index (Phi) is 9.80. The maximum atomic E-state index is 11.4. The zero-order chi connectivity index (χ0) is 29.6. The van der Waals surface area contributed by atoms with Gasteiger partial charge in [-0.05, 0) is 91.6 Å². The summed E-state index contributed by atoms with van der Waals surface area (Å²) in [5.74, 6) is 0.759. The molecule has 0 radical (unpaired) electrons. The molecule has 0 spiro atoms. The molecule has 1 fully saturated rings. The number of aliphatic carboxylic acids is 1. The van der Waals surface area contributed by atoms with Gasteiger partial charge in [0.2, 0.25) is 0 Å². The summed E-state index contributed by atoms with van der Waals surface area (Å²) in [6.07, 6.45) is 4.76. The molecule has 224 valence electrons. The zero-order valence-corrected chi connectivity index (χ0v) is 25.6. The standard InChI is InChI=1S/C35H45N3O4/c1-5-8-25(3)38-18-15-28-19-26(20-29(23-41-4)31(28)21-38)22-42-34-24(2)9-6-10-30(34)32-11-7-12-33(36-32)37-16-13-27(14-17-37)35(39)40/h6-7,9-12,19-20,25,27H,5,8,13-18,21-23H2,1-4H3,(H,39,40). The molecule has 7 nitrogen and oxygen atoms in total. The number of ether oxygens (including phenoxy) is 2. The summed E-state index contributed by atoms with van der Waals surface area (Å²) in [6, 6.07) is 17.4. The van der Waals surface area contributed by atoms with Crippen LogP contribution in [0.4, 0.5) is 5.82 Å². The maximum Gasteiger partial charge on any atom is 0.306 e. The molecule has 3 aromatic rings. The molecule has 2 aromatic carbocycles. The molecule has 2 aliphatic heterocycles. The van der Waals surface area contributed by atoms with Crippen molar-refractivity contribution in [3.05, 3.63) is 76.3 Å². The lowest BCUT2D eigenvalue weighted by atomic mass is 9.91. The minimum Gasteiger partial charge on any atom is -0.488 e. The predicted molar refractivity (Wildman–Crippen MR) is 167 cm³/mol. The molecular weight excluding hydrogens is 526 g/mol. The molecule has 0 saturated carbocycles. The second-order valence-corrected chi connectivity index (χ2v) is 11.9. The van der Waals surface area contributed by atoms with E-state index in [1.807, 2.05) is 24.3 Å². The van der Waals surface area contributed by atoms with E-state index < -0.39 is 5.97 Å². The van der Waals surface area contributed by atoms with Crippen molar-refractivity contribution in [3.8, 4) is 17.0 Å². The Bertz CT molecular complexity index is 1380. The molecule has 2 aliphatic rings. The zero-order valence-electron chi connectivity index (χ0n) is 25.6. The third-order valence-corrected chi connectivity index (χ3v) is 8.93. The molecule has 5 rings (SSSR count). The van der Waals surface area contributed by atoms with Crippen molar-refractivity contribution in [1.82, 2.24) is 9.88 Å². The van der Waals surface area contributed by atoms with Crippen LogP contribution in [0.25, 0.3) is 11.3 Å². The summed E-state index contributed by atoms with van der Waals surface area (Å²) >= 11 is 0. The molecule has 42 heavy (non-hydrogen) atoms. The van der Waals surface area contributed by atoms with Gasteiger partial charge in [-0.1, -0.05) is 37.6 Å². The number of carbonyl (C=O) groups is 1. The van der Waals surface area contributed by atoms with E-state index in [4.69, 9.17) is 14.5 Å². The number of benzene rings is 2. The molecular formula is C35H45N3O4. The van der Waals surface area contributed by atoms with Crippen LogP contribution < -0.4 is 9.64 Å². The molecule has 3 heterocycles. The van der Waals surface area contributed by atoms with Crippen LogP contribution in [0.1, 0.15) is 67.3 Å². The number of pyridine rings is 1. The van der Waals surface area contributed by atoms with E-state index in [2.05, 4.69) is 54.8 Å². The number of carboxylic acid groups (broad SMARTS) is 1. The van der Waals surface area contributed by atoms with Gasteiger partial charge in [0, 0.05) is 44.9 Å². The van der Waals surface area contributed by atoms with Gasteiger partial charge < -0.3 is 19.5 Å². The number of nitrogens with zero attached hydrogens (tertiary/aromatic N) is 3. The number of fused-ring (bicyclic) bond motifs is 1. The van der Waals surface area contributed by atoms with Crippen molar-refractivity contribution in [3.63, 3.8) is 0 Å². The highest BCUT2D eigenvalue weighted by Gasteiger charge is 2.26. The first-order chi connectivity index (χ1) is 20.4. The van der Waals surface area contributed by atoms with Gasteiger partial charge in [-0.25, -0.2) is 4.98 Å². The van der Waals surface area contributed by atoms with Gasteiger partial charge in [0.1, 0.15) is 18.2 Å². The Morgan fingerprint density at radius 1 is 1.10 bits per heavy atom. The van der Waals surface area contributed by atoms with Gasteiger partial charge in [0.15, 0.2) is 0 Å². The predicted octanol–water partition coefficient (Wildman–Crippen LogP) is 6.63. The second kappa shape index (κ2) is 13.7. The van der Waals surface area contributed by atoms with Crippen molar-refractivity contribution in [2.45, 2.75) is 78.7 Å². The largest absolute Gasteiger partial charge is 0.488 e. The van der Waals surface area contributed by atoms with Gasteiger partial charge in [-0.15, -0.1) is 0 Å². The normalized spacial score (nSPS) is 16.7. The second-order valence-electron chi connectivity index (χ2n) is 11.9. The molecule has 0 bridgehead atoms. The maximum absolute atomic E-state index is 11.4. The van der Waals surface area contributed by atoms with E-state index in [1.54, 1.807) is 7.11 Å². The Morgan fingerprint density at radius 2 is 1.88 bits per heavy atom. The number of piperidine rings is 1. The first-order valence-electron chi connectivity index (χ1n) is 15.4. The van der Waals surface area contributed by atoms with Gasteiger partial charge >= 0.3 is 5.97 Å². The molecule has 0 amide bonds. The Morgan fingerprint density at radius 3 is 2.62 bits per heavy atom. The lowest BCUT2D eigenvalue weighted by Crippen LogP contribution is -2.38. The number of hydrogen-bond acceptors (Lipinski definition) is 6. The van der Waals surface area contributed by atoms with Crippen molar-refractivity contribution in [2.75, 3.05) is 31.6 Å². The quantitative estimate of drug-likeness (QED) is 0.277. The summed E-state index contributed by atoms with van der Waals surface area (Å²) in [4.78, 5) is 21.2. The Balaban J connectivity index is 1.35. The highest BCUT2D eigenvalue weighted by atomic mass is 16.5. The average molecular weight is 572 g/mol. The number of para-hydroxylation sites is 1. The fraction of sp³-hybridized carbons (Fsp3) is 0.486. The van der Waals surface area contributed by atoms with Crippen molar-refractivity contribution >= 4 is 11.8 Å².